The van der Waals surface area contributed by atoms with Gasteiger partial charge in [-0.3, -0.25) is 0 Å². The third kappa shape index (κ3) is 0.992. The van der Waals surface area contributed by atoms with Crippen molar-refractivity contribution in [1.82, 2.24) is 4.90 Å². The summed E-state index contributed by atoms with van der Waals surface area (Å²) in [6, 6.07) is 1.43. The quantitative estimate of drug-likeness (QED) is 0.583. The van der Waals surface area contributed by atoms with Crippen molar-refractivity contribution < 1.29 is 0 Å². The molecule has 3 rings (SSSR count). The molecule has 2 heterocycles. The standard InChI is InChI=1S/C14H21N/c1-8-10(3)15-11(4)9(2)13-7-5-6-12(8)14(13)15/h6,8-11H,5,7H2,1-4H3/t8-,9?,10+,11-/m0/s1. The van der Waals surface area contributed by atoms with Gasteiger partial charge in [0.15, 0.2) is 0 Å². The highest BCUT2D eigenvalue weighted by Crippen LogP contribution is 2.51. The number of hydrogen-bond acceptors (Lipinski definition) is 1. The van der Waals surface area contributed by atoms with Crippen LogP contribution in [0, 0.1) is 11.8 Å². The van der Waals surface area contributed by atoms with Gasteiger partial charge in [-0.1, -0.05) is 19.9 Å². The Labute approximate surface area is 92.8 Å². The molecule has 0 N–H and O–H groups in total. The predicted octanol–water partition coefficient (Wildman–Crippen LogP) is 3.34. The normalized spacial score (nSPS) is 43.5. The molecular formula is C14H21N. The molecule has 4 atom stereocenters. The minimum atomic E-state index is 0.708. The van der Waals surface area contributed by atoms with E-state index >= 15 is 0 Å². The molecule has 15 heavy (non-hydrogen) atoms. The molecule has 82 valence electrons. The van der Waals surface area contributed by atoms with Crippen LogP contribution in [0.1, 0.15) is 40.5 Å². The minimum absolute atomic E-state index is 0.708. The molecule has 0 aromatic heterocycles. The van der Waals surface area contributed by atoms with Crippen LogP contribution in [0.2, 0.25) is 0 Å². The van der Waals surface area contributed by atoms with Crippen LogP contribution in [-0.2, 0) is 0 Å². The summed E-state index contributed by atoms with van der Waals surface area (Å²) in [5.74, 6) is 1.52. The monoisotopic (exact) mass is 203 g/mol. The van der Waals surface area contributed by atoms with Gasteiger partial charge in [0.2, 0.25) is 0 Å². The first-order chi connectivity index (χ1) is 7.13. The van der Waals surface area contributed by atoms with E-state index in [4.69, 9.17) is 0 Å². The van der Waals surface area contributed by atoms with Crippen molar-refractivity contribution in [2.45, 2.75) is 52.6 Å². The maximum Gasteiger partial charge on any atom is 0.0399 e. The first-order valence-electron chi connectivity index (χ1n) is 6.34. The van der Waals surface area contributed by atoms with E-state index in [1.165, 1.54) is 12.8 Å². The van der Waals surface area contributed by atoms with Crippen LogP contribution >= 0.6 is 0 Å². The van der Waals surface area contributed by atoms with Gasteiger partial charge >= 0.3 is 0 Å². The van der Waals surface area contributed by atoms with E-state index in [0.717, 1.165) is 17.9 Å². The second-order valence-electron chi connectivity index (χ2n) is 5.54. The summed E-state index contributed by atoms with van der Waals surface area (Å²) >= 11 is 0. The summed E-state index contributed by atoms with van der Waals surface area (Å²) in [5.41, 5.74) is 5.04. The fraction of sp³-hybridized carbons (Fsp3) is 0.714. The first-order valence-corrected chi connectivity index (χ1v) is 6.34. The van der Waals surface area contributed by atoms with Gasteiger partial charge in [0.25, 0.3) is 0 Å². The Hall–Kier alpha value is -0.720. The lowest BCUT2D eigenvalue weighted by Gasteiger charge is -2.29. The van der Waals surface area contributed by atoms with Crippen LogP contribution in [0.5, 0.6) is 0 Å². The molecule has 0 radical (unpaired) electrons. The van der Waals surface area contributed by atoms with Gasteiger partial charge in [-0.15, -0.1) is 0 Å². The third-order valence-electron chi connectivity index (χ3n) is 4.98. The molecule has 0 aromatic carbocycles. The van der Waals surface area contributed by atoms with E-state index in [1.807, 2.05) is 0 Å². The molecular weight excluding hydrogens is 182 g/mol. The summed E-state index contributed by atoms with van der Waals surface area (Å²) in [6.07, 6.45) is 5.07. The Morgan fingerprint density at radius 3 is 2.47 bits per heavy atom. The minimum Gasteiger partial charge on any atom is -0.365 e. The SMILES string of the molecule is CC1C2=C3C(=CCC2)[C@@H](C)[C@@H](C)N3[C@H]1C. The van der Waals surface area contributed by atoms with Crippen molar-refractivity contribution in [2.24, 2.45) is 11.8 Å². The summed E-state index contributed by atoms with van der Waals surface area (Å²) in [4.78, 5) is 2.69. The molecule has 1 aliphatic carbocycles. The molecule has 1 heteroatoms. The molecule has 0 amide bonds. The lowest BCUT2D eigenvalue weighted by Crippen LogP contribution is -2.35. The number of rotatable bonds is 0. The Morgan fingerprint density at radius 1 is 1.07 bits per heavy atom. The topological polar surface area (TPSA) is 3.24 Å². The Morgan fingerprint density at radius 2 is 1.73 bits per heavy atom. The van der Waals surface area contributed by atoms with Crippen LogP contribution in [0.15, 0.2) is 22.9 Å². The van der Waals surface area contributed by atoms with E-state index in [1.54, 1.807) is 16.8 Å². The second kappa shape index (κ2) is 2.90. The summed E-state index contributed by atoms with van der Waals surface area (Å²) in [5, 5.41) is 0. The van der Waals surface area contributed by atoms with Gasteiger partial charge in [0.1, 0.15) is 0 Å². The highest BCUT2D eigenvalue weighted by atomic mass is 15.2. The molecule has 0 spiro atoms. The third-order valence-corrected chi connectivity index (χ3v) is 4.98. The fourth-order valence-electron chi connectivity index (χ4n) is 3.75. The van der Waals surface area contributed by atoms with Crippen molar-refractivity contribution in [3.05, 3.63) is 22.9 Å². The number of allylic oxidation sites excluding steroid dienone is 2. The lowest BCUT2D eigenvalue weighted by molar-refractivity contribution is 0.211. The van der Waals surface area contributed by atoms with E-state index in [-0.39, 0.29) is 0 Å². The van der Waals surface area contributed by atoms with Crippen LogP contribution in [0.4, 0.5) is 0 Å². The zero-order chi connectivity index (χ0) is 10.7. The van der Waals surface area contributed by atoms with Gasteiger partial charge in [-0.25, -0.2) is 0 Å². The lowest BCUT2D eigenvalue weighted by atomic mass is 9.84. The maximum atomic E-state index is 2.69. The fourth-order valence-corrected chi connectivity index (χ4v) is 3.75. The average molecular weight is 203 g/mol. The molecule has 0 bridgehead atoms. The first kappa shape index (κ1) is 9.50. The van der Waals surface area contributed by atoms with Crippen molar-refractivity contribution in [1.29, 1.82) is 0 Å². The Balaban J connectivity index is 2.15. The Bertz CT molecular complexity index is 364. The van der Waals surface area contributed by atoms with Crippen LogP contribution < -0.4 is 0 Å². The van der Waals surface area contributed by atoms with Crippen molar-refractivity contribution in [3.63, 3.8) is 0 Å². The average Bonchev–Trinajstić information content (AvgIpc) is 2.64. The summed E-state index contributed by atoms with van der Waals surface area (Å²) < 4.78 is 0. The molecule has 3 aliphatic rings. The molecule has 0 saturated carbocycles. The number of hydrogen-bond donors (Lipinski definition) is 0. The van der Waals surface area contributed by atoms with E-state index < -0.39 is 0 Å². The van der Waals surface area contributed by atoms with Gasteiger partial charge in [0.05, 0.1) is 0 Å². The zero-order valence-electron chi connectivity index (χ0n) is 10.2. The molecule has 2 aliphatic heterocycles. The van der Waals surface area contributed by atoms with Gasteiger partial charge in [-0.2, -0.15) is 0 Å². The molecule has 0 aromatic rings. The van der Waals surface area contributed by atoms with Crippen LogP contribution in [-0.4, -0.2) is 17.0 Å². The van der Waals surface area contributed by atoms with Gasteiger partial charge in [-0.05, 0) is 43.8 Å². The van der Waals surface area contributed by atoms with Crippen molar-refractivity contribution in [2.75, 3.05) is 0 Å². The maximum absolute atomic E-state index is 2.69. The largest absolute Gasteiger partial charge is 0.365 e. The summed E-state index contributed by atoms with van der Waals surface area (Å²) in [7, 11) is 0. The Kier molecular flexibility index (Phi) is 1.84. The second-order valence-corrected chi connectivity index (χ2v) is 5.54. The van der Waals surface area contributed by atoms with E-state index in [9.17, 15) is 0 Å². The van der Waals surface area contributed by atoms with Crippen LogP contribution in [0.25, 0.3) is 0 Å². The van der Waals surface area contributed by atoms with Gasteiger partial charge < -0.3 is 4.90 Å². The van der Waals surface area contributed by atoms with Crippen LogP contribution in [0.3, 0.4) is 0 Å². The smallest absolute Gasteiger partial charge is 0.0399 e. The molecule has 1 nitrogen and oxygen atoms in total. The number of nitrogens with zero attached hydrogens (tertiary/aromatic N) is 1. The van der Waals surface area contributed by atoms with Crippen molar-refractivity contribution >= 4 is 0 Å². The predicted molar refractivity (Wildman–Crippen MR) is 63.4 cm³/mol. The molecule has 1 unspecified atom stereocenters. The molecule has 1 saturated heterocycles. The highest BCUT2D eigenvalue weighted by Gasteiger charge is 2.47. The van der Waals surface area contributed by atoms with Gasteiger partial charge in [0, 0.05) is 23.7 Å². The molecule has 1 fully saturated rings. The highest BCUT2D eigenvalue weighted by molar-refractivity contribution is 5.48. The van der Waals surface area contributed by atoms with Crippen molar-refractivity contribution in [3.8, 4) is 0 Å². The van der Waals surface area contributed by atoms with E-state index in [2.05, 4.69) is 38.7 Å². The van der Waals surface area contributed by atoms with E-state index in [0.29, 0.717) is 6.04 Å². The summed E-state index contributed by atoms with van der Waals surface area (Å²) in [6.45, 7) is 9.59. The zero-order valence-corrected chi connectivity index (χ0v) is 10.2.